The molecular formula is C15H16N2S2. The molecule has 0 fully saturated rings. The van der Waals surface area contributed by atoms with E-state index < -0.39 is 0 Å². The van der Waals surface area contributed by atoms with Crippen LogP contribution < -0.4 is 5.32 Å². The number of aromatic nitrogens is 1. The predicted molar refractivity (Wildman–Crippen MR) is 83.9 cm³/mol. The Morgan fingerprint density at radius 1 is 1.32 bits per heavy atom. The molecule has 0 aliphatic heterocycles. The van der Waals surface area contributed by atoms with Crippen molar-refractivity contribution in [3.63, 3.8) is 0 Å². The van der Waals surface area contributed by atoms with Gasteiger partial charge in [0.1, 0.15) is 5.01 Å². The van der Waals surface area contributed by atoms with Gasteiger partial charge in [0.25, 0.3) is 0 Å². The number of benzene rings is 1. The van der Waals surface area contributed by atoms with Crippen LogP contribution in [-0.2, 0) is 6.54 Å². The molecule has 2 aromatic heterocycles. The van der Waals surface area contributed by atoms with Gasteiger partial charge in [-0.25, -0.2) is 4.98 Å². The largest absolute Gasteiger partial charge is 0.304 e. The van der Waals surface area contributed by atoms with Crippen LogP contribution in [0.4, 0.5) is 0 Å². The van der Waals surface area contributed by atoms with E-state index in [0.717, 1.165) is 11.6 Å². The van der Waals surface area contributed by atoms with Crippen molar-refractivity contribution in [2.75, 3.05) is 0 Å². The van der Waals surface area contributed by atoms with Crippen molar-refractivity contribution in [3.8, 4) is 0 Å². The van der Waals surface area contributed by atoms with Gasteiger partial charge in [-0.2, -0.15) is 0 Å². The van der Waals surface area contributed by atoms with Crippen LogP contribution in [0.2, 0.25) is 0 Å². The summed E-state index contributed by atoms with van der Waals surface area (Å²) in [5, 5.41) is 8.34. The number of hydrogen-bond donors (Lipinski definition) is 1. The molecule has 0 bridgehead atoms. The zero-order valence-corrected chi connectivity index (χ0v) is 12.6. The van der Waals surface area contributed by atoms with E-state index in [0.29, 0.717) is 6.04 Å². The monoisotopic (exact) mass is 288 g/mol. The van der Waals surface area contributed by atoms with E-state index in [9.17, 15) is 0 Å². The number of nitrogens with one attached hydrogen (secondary N) is 1. The molecular weight excluding hydrogens is 272 g/mol. The Balaban J connectivity index is 1.72. The van der Waals surface area contributed by atoms with E-state index >= 15 is 0 Å². The van der Waals surface area contributed by atoms with Crippen LogP contribution in [-0.4, -0.2) is 4.98 Å². The molecule has 19 heavy (non-hydrogen) atoms. The van der Waals surface area contributed by atoms with Gasteiger partial charge in [-0.3, -0.25) is 0 Å². The topological polar surface area (TPSA) is 24.9 Å². The molecule has 0 aliphatic rings. The van der Waals surface area contributed by atoms with Crippen molar-refractivity contribution in [3.05, 3.63) is 51.3 Å². The Bertz CT molecular complexity index is 684. The van der Waals surface area contributed by atoms with Crippen molar-refractivity contribution in [1.82, 2.24) is 10.3 Å². The highest BCUT2D eigenvalue weighted by atomic mass is 32.1. The van der Waals surface area contributed by atoms with E-state index in [2.05, 4.69) is 53.8 Å². The number of fused-ring (bicyclic) bond motifs is 1. The van der Waals surface area contributed by atoms with E-state index in [1.165, 1.54) is 20.5 Å². The molecule has 0 saturated carbocycles. The van der Waals surface area contributed by atoms with Gasteiger partial charge in [-0.1, -0.05) is 18.2 Å². The Morgan fingerprint density at radius 3 is 2.95 bits per heavy atom. The van der Waals surface area contributed by atoms with E-state index in [-0.39, 0.29) is 0 Å². The highest BCUT2D eigenvalue weighted by Gasteiger charge is 2.10. The molecule has 0 aliphatic carbocycles. The maximum Gasteiger partial charge on any atom is 0.109 e. The minimum Gasteiger partial charge on any atom is -0.304 e. The number of hydrogen-bond acceptors (Lipinski definition) is 4. The maximum absolute atomic E-state index is 4.44. The second-order valence-electron chi connectivity index (χ2n) is 4.67. The van der Waals surface area contributed by atoms with Crippen molar-refractivity contribution in [2.24, 2.45) is 0 Å². The highest BCUT2D eigenvalue weighted by molar-refractivity contribution is 7.17. The van der Waals surface area contributed by atoms with Crippen molar-refractivity contribution in [2.45, 2.75) is 26.4 Å². The smallest absolute Gasteiger partial charge is 0.109 e. The fraction of sp³-hybridized carbons (Fsp3) is 0.267. The lowest BCUT2D eigenvalue weighted by Crippen LogP contribution is -2.17. The summed E-state index contributed by atoms with van der Waals surface area (Å²) in [6, 6.07) is 8.87. The quantitative estimate of drug-likeness (QED) is 0.763. The molecule has 1 unspecified atom stereocenters. The number of rotatable bonds is 4. The summed E-state index contributed by atoms with van der Waals surface area (Å²) in [5.74, 6) is 0. The summed E-state index contributed by atoms with van der Waals surface area (Å²) >= 11 is 3.58. The van der Waals surface area contributed by atoms with Crippen LogP contribution in [0.15, 0.2) is 35.8 Å². The van der Waals surface area contributed by atoms with Crippen LogP contribution in [0.3, 0.4) is 0 Å². The highest BCUT2D eigenvalue weighted by Crippen LogP contribution is 2.26. The molecule has 0 saturated heterocycles. The number of thiazole rings is 1. The fourth-order valence-corrected chi connectivity index (χ4v) is 3.86. The SMILES string of the molecule is Cc1cnc(C(C)NCc2csc3ccccc23)s1. The zero-order valence-electron chi connectivity index (χ0n) is 11.0. The number of nitrogens with zero attached hydrogens (tertiary/aromatic N) is 1. The van der Waals surface area contributed by atoms with Crippen LogP contribution in [0.1, 0.15) is 28.4 Å². The van der Waals surface area contributed by atoms with Crippen molar-refractivity contribution < 1.29 is 0 Å². The molecule has 4 heteroatoms. The van der Waals surface area contributed by atoms with Crippen molar-refractivity contribution in [1.29, 1.82) is 0 Å². The number of aryl methyl sites for hydroxylation is 1. The summed E-state index contributed by atoms with van der Waals surface area (Å²) in [6.07, 6.45) is 1.94. The molecule has 3 rings (SSSR count). The van der Waals surface area contributed by atoms with E-state index in [1.807, 2.05) is 17.5 Å². The molecule has 0 amide bonds. The van der Waals surface area contributed by atoms with Crippen LogP contribution in [0.5, 0.6) is 0 Å². The second kappa shape index (κ2) is 5.41. The van der Waals surface area contributed by atoms with Gasteiger partial charge < -0.3 is 5.32 Å². The number of thiophene rings is 1. The molecule has 3 aromatic rings. The Kier molecular flexibility index (Phi) is 3.64. The summed E-state index contributed by atoms with van der Waals surface area (Å²) in [6.45, 7) is 5.16. The Hall–Kier alpha value is -1.23. The average molecular weight is 288 g/mol. The Morgan fingerprint density at radius 2 is 2.16 bits per heavy atom. The normalized spacial score (nSPS) is 12.9. The molecule has 1 atom stereocenters. The molecule has 98 valence electrons. The minimum absolute atomic E-state index is 0.303. The molecule has 1 aromatic carbocycles. The lowest BCUT2D eigenvalue weighted by atomic mass is 10.2. The molecule has 2 heterocycles. The third-order valence-electron chi connectivity index (χ3n) is 3.17. The first-order chi connectivity index (χ1) is 9.24. The van der Waals surface area contributed by atoms with Crippen molar-refractivity contribution >= 4 is 32.8 Å². The van der Waals surface area contributed by atoms with E-state index in [1.54, 1.807) is 11.3 Å². The molecule has 1 N–H and O–H groups in total. The Labute approximate surface area is 121 Å². The minimum atomic E-state index is 0.303. The van der Waals surface area contributed by atoms with Gasteiger partial charge in [0.2, 0.25) is 0 Å². The predicted octanol–water partition coefficient (Wildman–Crippen LogP) is 4.52. The second-order valence-corrected chi connectivity index (χ2v) is 6.85. The van der Waals surface area contributed by atoms with Crippen LogP contribution in [0, 0.1) is 6.92 Å². The van der Waals surface area contributed by atoms with Gasteiger partial charge in [-0.15, -0.1) is 22.7 Å². The van der Waals surface area contributed by atoms with Gasteiger partial charge >= 0.3 is 0 Å². The summed E-state index contributed by atoms with van der Waals surface area (Å²) in [4.78, 5) is 5.70. The first-order valence-corrected chi connectivity index (χ1v) is 8.04. The molecule has 0 spiro atoms. The molecule has 0 radical (unpaired) electrons. The third-order valence-corrected chi connectivity index (χ3v) is 5.28. The summed E-state index contributed by atoms with van der Waals surface area (Å²) in [7, 11) is 0. The third kappa shape index (κ3) is 2.71. The maximum atomic E-state index is 4.44. The van der Waals surface area contributed by atoms with E-state index in [4.69, 9.17) is 0 Å². The first-order valence-electron chi connectivity index (χ1n) is 6.35. The van der Waals surface area contributed by atoms with Gasteiger partial charge in [0.15, 0.2) is 0 Å². The molecule has 2 nitrogen and oxygen atoms in total. The summed E-state index contributed by atoms with van der Waals surface area (Å²) < 4.78 is 1.36. The lowest BCUT2D eigenvalue weighted by molar-refractivity contribution is 0.574. The lowest BCUT2D eigenvalue weighted by Gasteiger charge is -2.10. The standard InChI is InChI=1S/C15H16N2S2/c1-10-7-17-15(19-10)11(2)16-8-12-9-18-14-6-4-3-5-13(12)14/h3-7,9,11,16H,8H2,1-2H3. The van der Waals surface area contributed by atoms with Gasteiger partial charge in [0, 0.05) is 22.3 Å². The zero-order chi connectivity index (χ0) is 13.2. The first kappa shape index (κ1) is 12.8. The fourth-order valence-electron chi connectivity index (χ4n) is 2.09. The van der Waals surface area contributed by atoms with Gasteiger partial charge in [-0.05, 0) is 36.2 Å². The average Bonchev–Trinajstić information content (AvgIpc) is 3.02. The van der Waals surface area contributed by atoms with Crippen LogP contribution in [0.25, 0.3) is 10.1 Å². The van der Waals surface area contributed by atoms with Crippen LogP contribution >= 0.6 is 22.7 Å². The summed E-state index contributed by atoms with van der Waals surface area (Å²) in [5.41, 5.74) is 1.38. The van der Waals surface area contributed by atoms with Gasteiger partial charge in [0.05, 0.1) is 6.04 Å².